The minimum atomic E-state index is -0.302. The molecule has 0 atom stereocenters. The molecule has 3 aromatic heterocycles. The molecule has 0 saturated carbocycles. The lowest BCUT2D eigenvalue weighted by atomic mass is 10.0. The Morgan fingerprint density at radius 3 is 2.75 bits per heavy atom. The predicted octanol–water partition coefficient (Wildman–Crippen LogP) is 4.47. The fourth-order valence-corrected chi connectivity index (χ4v) is 2.98. The molecule has 0 saturated heterocycles. The average molecular weight is 318 g/mol. The Hall–Kier alpha value is -3.26. The summed E-state index contributed by atoms with van der Waals surface area (Å²) >= 11 is 0. The van der Waals surface area contributed by atoms with Gasteiger partial charge in [-0.05, 0) is 18.6 Å². The molecule has 4 rings (SSSR count). The standard InChI is InChI=1S/C19H13FN3O/c1-11-4-5-13-14-6-7-16(21-2)22-19(14)24-18(13)17(11)15-10-12(20)8-9-23(15)3/h4-10H,1,3H3/q+1. The highest BCUT2D eigenvalue weighted by Gasteiger charge is 2.22. The molecule has 1 aromatic carbocycles. The van der Waals surface area contributed by atoms with Crippen molar-refractivity contribution in [2.45, 2.75) is 6.92 Å². The van der Waals surface area contributed by atoms with Crippen LogP contribution >= 0.6 is 0 Å². The van der Waals surface area contributed by atoms with E-state index in [1.165, 1.54) is 12.1 Å². The van der Waals surface area contributed by atoms with Crippen LogP contribution in [0.5, 0.6) is 0 Å². The van der Waals surface area contributed by atoms with Gasteiger partial charge in [0.05, 0.1) is 10.9 Å². The molecule has 0 aliphatic rings. The number of hydrogen-bond donors (Lipinski definition) is 0. The van der Waals surface area contributed by atoms with E-state index in [0.717, 1.165) is 27.6 Å². The fraction of sp³-hybridized carbons (Fsp3) is 0.105. The molecule has 0 aliphatic carbocycles. The number of aromatic nitrogens is 2. The summed E-state index contributed by atoms with van der Waals surface area (Å²) in [6.07, 6.45) is 1.68. The molecule has 0 aliphatic heterocycles. The number of nitrogens with zero attached hydrogens (tertiary/aromatic N) is 3. The van der Waals surface area contributed by atoms with Gasteiger partial charge >= 0.3 is 5.71 Å². The minimum Gasteiger partial charge on any atom is -0.419 e. The van der Waals surface area contributed by atoms with Crippen molar-refractivity contribution >= 4 is 27.9 Å². The lowest BCUT2D eigenvalue weighted by Gasteiger charge is -2.05. The van der Waals surface area contributed by atoms with E-state index in [1.807, 2.05) is 36.7 Å². The molecule has 0 unspecified atom stereocenters. The van der Waals surface area contributed by atoms with Crippen LogP contribution in [0.3, 0.4) is 0 Å². The molecule has 0 radical (unpaired) electrons. The highest BCUT2D eigenvalue weighted by Crippen LogP contribution is 2.36. The zero-order valence-electron chi connectivity index (χ0n) is 13.2. The van der Waals surface area contributed by atoms with Crippen molar-refractivity contribution in [1.82, 2.24) is 4.98 Å². The van der Waals surface area contributed by atoms with Crippen LogP contribution in [0.1, 0.15) is 5.56 Å². The zero-order chi connectivity index (χ0) is 16.8. The van der Waals surface area contributed by atoms with Gasteiger partial charge in [0.25, 0.3) is 5.82 Å². The number of aryl methyl sites for hydroxylation is 2. The summed E-state index contributed by atoms with van der Waals surface area (Å²) in [6, 6.07) is 10.4. The van der Waals surface area contributed by atoms with Crippen molar-refractivity contribution in [1.29, 1.82) is 0 Å². The smallest absolute Gasteiger partial charge is 0.322 e. The molecule has 24 heavy (non-hydrogen) atoms. The van der Waals surface area contributed by atoms with Gasteiger partial charge in [-0.1, -0.05) is 29.8 Å². The van der Waals surface area contributed by atoms with E-state index < -0.39 is 0 Å². The number of rotatable bonds is 1. The molecule has 4 nitrogen and oxygen atoms in total. The fourth-order valence-electron chi connectivity index (χ4n) is 2.98. The third kappa shape index (κ3) is 2.04. The third-order valence-electron chi connectivity index (χ3n) is 4.18. The van der Waals surface area contributed by atoms with E-state index >= 15 is 0 Å². The monoisotopic (exact) mass is 318 g/mol. The van der Waals surface area contributed by atoms with Crippen LogP contribution in [0, 0.1) is 19.3 Å². The van der Waals surface area contributed by atoms with E-state index in [0.29, 0.717) is 11.3 Å². The number of pyridine rings is 2. The second-order valence-electron chi connectivity index (χ2n) is 5.71. The van der Waals surface area contributed by atoms with Gasteiger partial charge in [0, 0.05) is 17.5 Å². The Morgan fingerprint density at radius 2 is 1.96 bits per heavy atom. The molecule has 116 valence electrons. The van der Waals surface area contributed by atoms with Gasteiger partial charge in [-0.15, -0.1) is 0 Å². The van der Waals surface area contributed by atoms with Gasteiger partial charge < -0.3 is 9.26 Å². The topological polar surface area (TPSA) is 34.3 Å². The molecule has 0 fully saturated rings. The molecular weight excluding hydrogens is 305 g/mol. The van der Waals surface area contributed by atoms with Crippen molar-refractivity contribution < 1.29 is 13.4 Å². The number of furan rings is 1. The number of benzene rings is 1. The molecule has 5 heteroatoms. The van der Waals surface area contributed by atoms with E-state index in [1.54, 1.807) is 12.3 Å². The first-order valence-electron chi connectivity index (χ1n) is 7.44. The maximum atomic E-state index is 13.8. The summed E-state index contributed by atoms with van der Waals surface area (Å²) in [7, 11) is 1.87. The van der Waals surface area contributed by atoms with Crippen LogP contribution in [0.25, 0.3) is 38.2 Å². The predicted molar refractivity (Wildman–Crippen MR) is 89.1 cm³/mol. The summed E-state index contributed by atoms with van der Waals surface area (Å²) in [6.45, 7) is 9.06. The average Bonchev–Trinajstić information content (AvgIpc) is 2.94. The maximum Gasteiger partial charge on any atom is 0.322 e. The molecule has 4 aromatic rings. The van der Waals surface area contributed by atoms with Gasteiger partial charge in [0.15, 0.2) is 11.8 Å². The molecule has 0 spiro atoms. The van der Waals surface area contributed by atoms with Crippen LogP contribution in [0.4, 0.5) is 10.2 Å². The van der Waals surface area contributed by atoms with E-state index in [9.17, 15) is 4.39 Å². The minimum absolute atomic E-state index is 0.288. The number of fused-ring (bicyclic) bond motifs is 3. The Morgan fingerprint density at radius 1 is 1.17 bits per heavy atom. The number of hydrogen-bond acceptors (Lipinski definition) is 2. The SMILES string of the molecule is [C-]#[N+]c1ccc2c(n1)oc1c(-c3cc(F)cc[n+]3C)c(C)ccc12. The third-order valence-corrected chi connectivity index (χ3v) is 4.18. The number of halogens is 1. The highest BCUT2D eigenvalue weighted by molar-refractivity contribution is 6.09. The second-order valence-corrected chi connectivity index (χ2v) is 5.71. The van der Waals surface area contributed by atoms with Gasteiger partial charge in [-0.2, -0.15) is 0 Å². The lowest BCUT2D eigenvalue weighted by Crippen LogP contribution is -2.30. The van der Waals surface area contributed by atoms with Crippen molar-refractivity contribution in [2.75, 3.05) is 0 Å². The summed E-state index contributed by atoms with van der Waals surface area (Å²) in [5, 5.41) is 1.75. The summed E-state index contributed by atoms with van der Waals surface area (Å²) in [5.41, 5.74) is 3.61. The maximum absolute atomic E-state index is 13.8. The first-order valence-corrected chi connectivity index (χ1v) is 7.44. The summed E-state index contributed by atoms with van der Waals surface area (Å²) in [5.74, 6) is -0.0137. The van der Waals surface area contributed by atoms with E-state index in [-0.39, 0.29) is 11.6 Å². The highest BCUT2D eigenvalue weighted by atomic mass is 19.1. The van der Waals surface area contributed by atoms with Gasteiger partial charge in [0.2, 0.25) is 5.69 Å². The first kappa shape index (κ1) is 14.3. The second kappa shape index (κ2) is 5.14. The molecule has 0 bridgehead atoms. The van der Waals surface area contributed by atoms with Crippen LogP contribution in [0.2, 0.25) is 0 Å². The van der Waals surface area contributed by atoms with Crippen LogP contribution in [0.15, 0.2) is 47.0 Å². The molecular formula is C19H13FN3O+. The lowest BCUT2D eigenvalue weighted by molar-refractivity contribution is -0.660. The van der Waals surface area contributed by atoms with E-state index in [4.69, 9.17) is 11.0 Å². The van der Waals surface area contributed by atoms with Crippen molar-refractivity contribution in [3.8, 4) is 11.3 Å². The van der Waals surface area contributed by atoms with Crippen LogP contribution in [-0.4, -0.2) is 4.98 Å². The zero-order valence-corrected chi connectivity index (χ0v) is 13.2. The largest absolute Gasteiger partial charge is 0.419 e. The molecule has 0 N–H and O–H groups in total. The first-order chi connectivity index (χ1) is 11.6. The van der Waals surface area contributed by atoms with Gasteiger partial charge in [-0.25, -0.2) is 8.96 Å². The Balaban J connectivity index is 2.13. The summed E-state index contributed by atoms with van der Waals surface area (Å²) < 4.78 is 21.6. The molecule has 3 heterocycles. The van der Waals surface area contributed by atoms with Gasteiger partial charge in [-0.3, -0.25) is 0 Å². The van der Waals surface area contributed by atoms with Crippen LogP contribution < -0.4 is 4.57 Å². The van der Waals surface area contributed by atoms with Crippen molar-refractivity contribution in [3.63, 3.8) is 0 Å². The van der Waals surface area contributed by atoms with E-state index in [2.05, 4.69) is 9.83 Å². The van der Waals surface area contributed by atoms with Gasteiger partial charge in [0.1, 0.15) is 12.9 Å². The normalized spacial score (nSPS) is 11.1. The van der Waals surface area contributed by atoms with Crippen molar-refractivity contribution in [2.24, 2.45) is 7.05 Å². The molecule has 0 amide bonds. The Bertz CT molecular complexity index is 1150. The quantitative estimate of drug-likeness (QED) is 0.383. The Kier molecular flexibility index (Phi) is 3.07. The summed E-state index contributed by atoms with van der Waals surface area (Å²) in [4.78, 5) is 7.57. The van der Waals surface area contributed by atoms with Crippen molar-refractivity contribution in [3.05, 3.63) is 65.4 Å². The Labute approximate surface area is 137 Å². The van der Waals surface area contributed by atoms with Crippen LogP contribution in [-0.2, 0) is 7.05 Å².